The number of rotatable bonds is 3. The van der Waals surface area contributed by atoms with Crippen molar-refractivity contribution in [3.63, 3.8) is 0 Å². The van der Waals surface area contributed by atoms with Gasteiger partial charge in [-0.15, -0.1) is 0 Å². The van der Waals surface area contributed by atoms with Crippen molar-refractivity contribution in [1.29, 1.82) is 0 Å². The standard InChI is InChI=1S/C12H17FO/c1-9(2)10-4-6-11(7-5-10)12(3,13)8-14/h4-7,9,14H,8H2,1-3H3. The number of aliphatic hydroxyl groups is 1. The van der Waals surface area contributed by atoms with E-state index in [9.17, 15) is 4.39 Å². The average molecular weight is 196 g/mol. The van der Waals surface area contributed by atoms with Crippen molar-refractivity contribution in [2.75, 3.05) is 6.61 Å². The summed E-state index contributed by atoms with van der Waals surface area (Å²) in [5.74, 6) is 0.448. The molecule has 0 fully saturated rings. The normalized spacial score (nSPS) is 15.6. The van der Waals surface area contributed by atoms with Crippen LogP contribution in [0.25, 0.3) is 0 Å². The fourth-order valence-electron chi connectivity index (χ4n) is 1.31. The Hall–Kier alpha value is -0.890. The molecule has 0 saturated carbocycles. The Labute approximate surface area is 84.6 Å². The van der Waals surface area contributed by atoms with Crippen LogP contribution in [0.15, 0.2) is 24.3 Å². The molecule has 0 heterocycles. The summed E-state index contributed by atoms with van der Waals surface area (Å²) in [6.45, 7) is 5.09. The van der Waals surface area contributed by atoms with Crippen LogP contribution in [0.2, 0.25) is 0 Å². The molecule has 1 aromatic rings. The van der Waals surface area contributed by atoms with Crippen molar-refractivity contribution >= 4 is 0 Å². The molecule has 0 radical (unpaired) electrons. The lowest BCUT2D eigenvalue weighted by Gasteiger charge is -2.18. The average Bonchev–Trinajstić information content (AvgIpc) is 2.18. The van der Waals surface area contributed by atoms with Gasteiger partial charge in [0.05, 0.1) is 6.61 Å². The van der Waals surface area contributed by atoms with E-state index < -0.39 is 12.3 Å². The van der Waals surface area contributed by atoms with E-state index in [0.717, 1.165) is 0 Å². The Kier molecular flexibility index (Phi) is 3.27. The first-order chi connectivity index (χ1) is 6.47. The number of hydrogen-bond acceptors (Lipinski definition) is 1. The molecule has 0 aliphatic rings. The molecule has 0 amide bonds. The summed E-state index contributed by atoms with van der Waals surface area (Å²) >= 11 is 0. The molecule has 1 nitrogen and oxygen atoms in total. The lowest BCUT2D eigenvalue weighted by molar-refractivity contribution is 0.0868. The predicted octanol–water partition coefficient (Wildman–Crippen LogP) is 2.99. The monoisotopic (exact) mass is 196 g/mol. The van der Waals surface area contributed by atoms with E-state index in [-0.39, 0.29) is 0 Å². The predicted molar refractivity (Wildman–Crippen MR) is 56.1 cm³/mol. The first-order valence-corrected chi connectivity index (χ1v) is 4.87. The van der Waals surface area contributed by atoms with Gasteiger partial charge in [-0.3, -0.25) is 0 Å². The molecule has 0 spiro atoms. The molecule has 1 rings (SSSR count). The van der Waals surface area contributed by atoms with Crippen LogP contribution in [-0.4, -0.2) is 11.7 Å². The van der Waals surface area contributed by atoms with Crippen molar-refractivity contribution in [3.05, 3.63) is 35.4 Å². The van der Waals surface area contributed by atoms with Crippen LogP contribution < -0.4 is 0 Å². The van der Waals surface area contributed by atoms with Crippen LogP contribution in [-0.2, 0) is 5.67 Å². The lowest BCUT2D eigenvalue weighted by Crippen LogP contribution is -2.20. The molecular formula is C12H17FO. The van der Waals surface area contributed by atoms with Crippen LogP contribution >= 0.6 is 0 Å². The van der Waals surface area contributed by atoms with E-state index >= 15 is 0 Å². The SMILES string of the molecule is CC(C)c1ccc(C(C)(F)CO)cc1. The first kappa shape index (κ1) is 11.2. The summed E-state index contributed by atoms with van der Waals surface area (Å²) in [5, 5.41) is 8.85. The van der Waals surface area contributed by atoms with Crippen molar-refractivity contribution in [2.24, 2.45) is 0 Å². The highest BCUT2D eigenvalue weighted by atomic mass is 19.1. The zero-order valence-electron chi connectivity index (χ0n) is 8.92. The summed E-state index contributed by atoms with van der Waals surface area (Å²) in [4.78, 5) is 0. The minimum Gasteiger partial charge on any atom is -0.393 e. The molecule has 1 atom stereocenters. The maximum Gasteiger partial charge on any atom is 0.156 e. The van der Waals surface area contributed by atoms with Gasteiger partial charge in [0.15, 0.2) is 5.67 Å². The van der Waals surface area contributed by atoms with Gasteiger partial charge in [0.2, 0.25) is 0 Å². The highest BCUT2D eigenvalue weighted by Crippen LogP contribution is 2.26. The van der Waals surface area contributed by atoms with Crippen molar-refractivity contribution in [3.8, 4) is 0 Å². The highest BCUT2D eigenvalue weighted by molar-refractivity contribution is 5.28. The molecule has 14 heavy (non-hydrogen) atoms. The second-order valence-electron chi connectivity index (χ2n) is 4.13. The number of halogens is 1. The van der Waals surface area contributed by atoms with Gasteiger partial charge in [0.1, 0.15) is 0 Å². The summed E-state index contributed by atoms with van der Waals surface area (Å²) in [7, 11) is 0. The van der Waals surface area contributed by atoms with Crippen molar-refractivity contribution in [2.45, 2.75) is 32.4 Å². The Balaban J connectivity index is 2.94. The minimum atomic E-state index is -1.63. The summed E-state index contributed by atoms with van der Waals surface area (Å²) in [6, 6.07) is 7.30. The van der Waals surface area contributed by atoms with Gasteiger partial charge >= 0.3 is 0 Å². The first-order valence-electron chi connectivity index (χ1n) is 4.87. The van der Waals surface area contributed by atoms with E-state index in [1.165, 1.54) is 12.5 Å². The summed E-state index contributed by atoms with van der Waals surface area (Å²) in [6.07, 6.45) is 0. The Morgan fingerprint density at radius 2 is 1.79 bits per heavy atom. The zero-order valence-corrected chi connectivity index (χ0v) is 8.92. The third kappa shape index (κ3) is 2.32. The van der Waals surface area contributed by atoms with E-state index in [0.29, 0.717) is 11.5 Å². The fraction of sp³-hybridized carbons (Fsp3) is 0.500. The quantitative estimate of drug-likeness (QED) is 0.788. The van der Waals surface area contributed by atoms with Crippen LogP contribution in [0.5, 0.6) is 0 Å². The molecule has 1 unspecified atom stereocenters. The molecule has 0 aliphatic heterocycles. The maximum atomic E-state index is 13.6. The molecule has 0 aliphatic carbocycles. The second-order valence-corrected chi connectivity index (χ2v) is 4.13. The number of alkyl halides is 1. The third-order valence-electron chi connectivity index (χ3n) is 2.48. The van der Waals surface area contributed by atoms with Gasteiger partial charge in [-0.25, -0.2) is 4.39 Å². The molecule has 1 N–H and O–H groups in total. The maximum absolute atomic E-state index is 13.6. The molecule has 0 bridgehead atoms. The Bertz CT molecular complexity index is 288. The Morgan fingerprint density at radius 1 is 1.29 bits per heavy atom. The fourth-order valence-corrected chi connectivity index (χ4v) is 1.31. The number of hydrogen-bond donors (Lipinski definition) is 1. The van der Waals surface area contributed by atoms with Crippen LogP contribution in [0.1, 0.15) is 37.8 Å². The van der Waals surface area contributed by atoms with Gasteiger partial charge in [0.25, 0.3) is 0 Å². The number of benzene rings is 1. The molecule has 2 heteroatoms. The van der Waals surface area contributed by atoms with E-state index in [4.69, 9.17) is 5.11 Å². The van der Waals surface area contributed by atoms with Gasteiger partial charge in [0, 0.05) is 0 Å². The topological polar surface area (TPSA) is 20.2 Å². The zero-order chi connectivity index (χ0) is 10.8. The highest BCUT2D eigenvalue weighted by Gasteiger charge is 2.24. The van der Waals surface area contributed by atoms with Crippen LogP contribution in [0, 0.1) is 0 Å². The van der Waals surface area contributed by atoms with E-state index in [2.05, 4.69) is 13.8 Å². The van der Waals surface area contributed by atoms with Crippen molar-refractivity contribution < 1.29 is 9.50 Å². The van der Waals surface area contributed by atoms with Gasteiger partial charge in [-0.05, 0) is 24.0 Å². The van der Waals surface area contributed by atoms with E-state index in [1.807, 2.05) is 12.1 Å². The van der Waals surface area contributed by atoms with Gasteiger partial charge < -0.3 is 5.11 Å². The van der Waals surface area contributed by atoms with E-state index in [1.54, 1.807) is 12.1 Å². The van der Waals surface area contributed by atoms with Crippen LogP contribution in [0.4, 0.5) is 4.39 Å². The smallest absolute Gasteiger partial charge is 0.156 e. The minimum absolute atomic E-state index is 0.448. The van der Waals surface area contributed by atoms with Gasteiger partial charge in [-0.1, -0.05) is 38.1 Å². The van der Waals surface area contributed by atoms with Gasteiger partial charge in [-0.2, -0.15) is 0 Å². The molecule has 0 aromatic heterocycles. The molecule has 78 valence electrons. The van der Waals surface area contributed by atoms with Crippen LogP contribution in [0.3, 0.4) is 0 Å². The number of aliphatic hydroxyl groups excluding tert-OH is 1. The lowest BCUT2D eigenvalue weighted by atomic mass is 9.95. The summed E-state index contributed by atoms with van der Waals surface area (Å²) < 4.78 is 13.6. The summed E-state index contributed by atoms with van der Waals surface area (Å²) in [5.41, 5.74) is 0.0853. The molecular weight excluding hydrogens is 179 g/mol. The Morgan fingerprint density at radius 3 is 2.14 bits per heavy atom. The largest absolute Gasteiger partial charge is 0.393 e. The van der Waals surface area contributed by atoms with Crippen molar-refractivity contribution in [1.82, 2.24) is 0 Å². The third-order valence-corrected chi connectivity index (χ3v) is 2.48. The molecule has 1 aromatic carbocycles. The molecule has 0 saturated heterocycles. The second kappa shape index (κ2) is 4.09.